The molecular formula is C8H17Cl3SSi. The lowest BCUT2D eigenvalue weighted by Crippen LogP contribution is -2.15. The summed E-state index contributed by atoms with van der Waals surface area (Å²) in [6, 6.07) is -1.60. The maximum atomic E-state index is 5.87. The van der Waals surface area contributed by atoms with Crippen LogP contribution in [0.4, 0.5) is 0 Å². The van der Waals surface area contributed by atoms with Crippen LogP contribution in [0.2, 0.25) is 6.04 Å². The van der Waals surface area contributed by atoms with Crippen LogP contribution in [0.3, 0.4) is 0 Å². The molecule has 5 heteroatoms. The van der Waals surface area contributed by atoms with Gasteiger partial charge >= 0.3 is 6.00 Å². The van der Waals surface area contributed by atoms with Gasteiger partial charge in [0.1, 0.15) is 0 Å². The van der Waals surface area contributed by atoms with E-state index in [1.54, 1.807) is 0 Å². The van der Waals surface area contributed by atoms with Crippen LogP contribution in [0.25, 0.3) is 0 Å². The molecule has 13 heavy (non-hydrogen) atoms. The van der Waals surface area contributed by atoms with Gasteiger partial charge in [-0.05, 0) is 24.1 Å². The van der Waals surface area contributed by atoms with E-state index in [2.05, 4.69) is 19.6 Å². The predicted octanol–water partition coefficient (Wildman–Crippen LogP) is 4.77. The Kier molecular flexibility index (Phi) is 8.54. The minimum Gasteiger partial charge on any atom is -0.179 e. The van der Waals surface area contributed by atoms with E-state index >= 15 is 0 Å². The molecule has 1 unspecified atom stereocenters. The molecule has 0 aromatic heterocycles. The number of hydrogen-bond acceptors (Lipinski definition) is 1. The van der Waals surface area contributed by atoms with Gasteiger partial charge in [-0.3, -0.25) is 0 Å². The van der Waals surface area contributed by atoms with Crippen molar-refractivity contribution in [3.05, 3.63) is 0 Å². The fourth-order valence-corrected chi connectivity index (χ4v) is 4.66. The van der Waals surface area contributed by atoms with Crippen molar-refractivity contribution in [2.45, 2.75) is 38.7 Å². The highest BCUT2D eigenvalue weighted by atomic mass is 35.8. The molecule has 0 radical (unpaired) electrons. The third kappa shape index (κ3) is 9.73. The highest BCUT2D eigenvalue weighted by Gasteiger charge is 2.28. The smallest absolute Gasteiger partial charge is 0.179 e. The van der Waals surface area contributed by atoms with Crippen molar-refractivity contribution in [3.8, 4) is 0 Å². The van der Waals surface area contributed by atoms with Gasteiger partial charge in [0.25, 0.3) is 0 Å². The topological polar surface area (TPSA) is 0 Å². The Morgan fingerprint density at radius 2 is 1.85 bits per heavy atom. The minimum atomic E-state index is -2.40. The molecule has 0 N–H and O–H groups in total. The zero-order valence-electron chi connectivity index (χ0n) is 7.90. The minimum absolute atomic E-state index is 0.596. The molecule has 0 aliphatic heterocycles. The first-order valence-corrected chi connectivity index (χ1v) is 10.5. The van der Waals surface area contributed by atoms with Crippen molar-refractivity contribution >= 4 is 51.9 Å². The second-order valence-corrected chi connectivity index (χ2v) is 12.9. The molecule has 0 rings (SSSR count). The van der Waals surface area contributed by atoms with E-state index in [1.807, 2.05) is 0 Å². The molecule has 0 aromatic rings. The van der Waals surface area contributed by atoms with Crippen molar-refractivity contribution in [3.63, 3.8) is 0 Å². The Labute approximate surface area is 102 Å². The Hall–Kier alpha value is 1.44. The van der Waals surface area contributed by atoms with Gasteiger partial charge in [-0.25, -0.2) is 0 Å². The molecular weight excluding hydrogens is 263 g/mol. The maximum absolute atomic E-state index is 5.87. The van der Waals surface area contributed by atoms with Gasteiger partial charge in [-0.2, -0.15) is 12.6 Å². The van der Waals surface area contributed by atoms with Crippen LogP contribution in [0.1, 0.15) is 32.6 Å². The number of unbranched alkanes of at least 4 members (excludes halogenated alkanes) is 1. The number of thiol groups is 1. The molecule has 0 aromatic carbocycles. The largest absolute Gasteiger partial charge is 0.341 e. The average molecular weight is 280 g/mol. The molecule has 1 atom stereocenters. The molecule has 0 fully saturated rings. The fraction of sp³-hybridized carbons (Fsp3) is 1.00. The summed E-state index contributed by atoms with van der Waals surface area (Å²) in [6.07, 6.45) is 4.67. The standard InChI is InChI=1S/C8H17Cl3SSi/c1-2-8(5-3-4-6-12)7-13(9,10)11/h8,12H,2-7H2,1H3. The lowest BCUT2D eigenvalue weighted by atomic mass is 10.0. The monoisotopic (exact) mass is 278 g/mol. The molecule has 0 aliphatic carbocycles. The number of rotatable bonds is 7. The third-order valence-corrected chi connectivity index (χ3v) is 4.86. The van der Waals surface area contributed by atoms with Crippen LogP contribution in [0, 0.1) is 5.92 Å². The summed E-state index contributed by atoms with van der Waals surface area (Å²) < 4.78 is 0. The van der Waals surface area contributed by atoms with Gasteiger partial charge in [0.05, 0.1) is 0 Å². The van der Waals surface area contributed by atoms with Crippen LogP contribution in [0.5, 0.6) is 0 Å². The summed E-state index contributed by atoms with van der Waals surface area (Å²) in [6.45, 7) is 2.16. The lowest BCUT2D eigenvalue weighted by molar-refractivity contribution is 0.491. The Morgan fingerprint density at radius 3 is 2.23 bits per heavy atom. The molecule has 80 valence electrons. The quantitative estimate of drug-likeness (QED) is 0.295. The molecule has 0 saturated heterocycles. The SMILES string of the molecule is CCC(CCCCS)C[Si](Cl)(Cl)Cl. The van der Waals surface area contributed by atoms with Gasteiger partial charge in [-0.1, -0.05) is 26.2 Å². The highest BCUT2D eigenvalue weighted by Crippen LogP contribution is 2.32. The van der Waals surface area contributed by atoms with Crippen molar-refractivity contribution in [2.24, 2.45) is 5.92 Å². The molecule has 0 amide bonds. The van der Waals surface area contributed by atoms with Crippen LogP contribution in [-0.2, 0) is 0 Å². The fourth-order valence-electron chi connectivity index (χ4n) is 1.32. The van der Waals surface area contributed by atoms with E-state index in [0.29, 0.717) is 5.92 Å². The molecule has 0 spiro atoms. The first kappa shape index (κ1) is 14.4. The van der Waals surface area contributed by atoms with E-state index < -0.39 is 6.00 Å². The third-order valence-electron chi connectivity index (χ3n) is 2.12. The second kappa shape index (κ2) is 7.69. The van der Waals surface area contributed by atoms with Gasteiger partial charge < -0.3 is 0 Å². The van der Waals surface area contributed by atoms with Gasteiger partial charge in [0.2, 0.25) is 0 Å². The molecule has 0 heterocycles. The van der Waals surface area contributed by atoms with E-state index in [9.17, 15) is 0 Å². The average Bonchev–Trinajstić information content (AvgIpc) is 2.01. The van der Waals surface area contributed by atoms with Crippen LogP contribution in [-0.4, -0.2) is 11.8 Å². The lowest BCUT2D eigenvalue weighted by Gasteiger charge is -2.17. The molecule has 0 bridgehead atoms. The Morgan fingerprint density at radius 1 is 1.23 bits per heavy atom. The first-order chi connectivity index (χ1) is 5.99. The zero-order chi connectivity index (χ0) is 10.3. The molecule has 0 saturated carbocycles. The normalized spacial score (nSPS) is 14.5. The Balaban J connectivity index is 3.63. The number of hydrogen-bond donors (Lipinski definition) is 1. The molecule has 0 aliphatic rings. The van der Waals surface area contributed by atoms with Crippen LogP contribution < -0.4 is 0 Å². The van der Waals surface area contributed by atoms with Crippen molar-refractivity contribution < 1.29 is 0 Å². The summed E-state index contributed by atoms with van der Waals surface area (Å²) >= 11 is 21.8. The van der Waals surface area contributed by atoms with E-state index in [-0.39, 0.29) is 0 Å². The maximum Gasteiger partial charge on any atom is 0.341 e. The zero-order valence-corrected chi connectivity index (χ0v) is 12.1. The van der Waals surface area contributed by atoms with Gasteiger partial charge in [0.15, 0.2) is 0 Å². The Bertz CT molecular complexity index is 127. The van der Waals surface area contributed by atoms with Crippen LogP contribution in [0.15, 0.2) is 0 Å². The summed E-state index contributed by atoms with van der Waals surface area (Å²) in [5.41, 5.74) is 0. The summed E-state index contributed by atoms with van der Waals surface area (Å²) in [4.78, 5) is 0. The summed E-state index contributed by atoms with van der Waals surface area (Å²) in [5.74, 6) is 1.56. The van der Waals surface area contributed by atoms with Gasteiger partial charge in [0, 0.05) is 0 Å². The van der Waals surface area contributed by atoms with E-state index in [0.717, 1.165) is 18.2 Å². The van der Waals surface area contributed by atoms with Crippen molar-refractivity contribution in [1.29, 1.82) is 0 Å². The second-order valence-electron chi connectivity index (χ2n) is 3.31. The van der Waals surface area contributed by atoms with Crippen LogP contribution >= 0.6 is 45.9 Å². The predicted molar refractivity (Wildman–Crippen MR) is 69.6 cm³/mol. The van der Waals surface area contributed by atoms with Gasteiger partial charge in [-0.15, -0.1) is 33.2 Å². The summed E-state index contributed by atoms with van der Waals surface area (Å²) in [7, 11) is 0. The van der Waals surface area contributed by atoms with Crippen molar-refractivity contribution in [1.82, 2.24) is 0 Å². The van der Waals surface area contributed by atoms with E-state index in [1.165, 1.54) is 19.3 Å². The molecule has 0 nitrogen and oxygen atoms in total. The number of halogens is 3. The highest BCUT2D eigenvalue weighted by molar-refractivity contribution is 7.80. The first-order valence-electron chi connectivity index (χ1n) is 4.67. The van der Waals surface area contributed by atoms with Crippen molar-refractivity contribution in [2.75, 3.05) is 5.75 Å². The summed E-state index contributed by atoms with van der Waals surface area (Å²) in [5, 5.41) is 0. The van der Waals surface area contributed by atoms with E-state index in [4.69, 9.17) is 33.2 Å².